The fourth-order valence-electron chi connectivity index (χ4n) is 1.56. The summed E-state index contributed by atoms with van der Waals surface area (Å²) in [6.45, 7) is 0.719. The molecule has 0 aromatic rings. The van der Waals surface area contributed by atoms with Crippen molar-refractivity contribution in [1.82, 2.24) is 9.03 Å². The van der Waals surface area contributed by atoms with Crippen LogP contribution >= 0.6 is 0 Å². The molecule has 4 N–H and O–H groups in total. The largest absolute Gasteiger partial charge is 0.480 e. The molecule has 1 aliphatic heterocycles. The third-order valence-electron chi connectivity index (χ3n) is 2.40. The maximum absolute atomic E-state index is 11.7. The van der Waals surface area contributed by atoms with Crippen LogP contribution in [-0.2, 0) is 19.8 Å². The standard InChI is InChI=1S/C8H15N3O5S/c9-7(12)5-6(8(13)14)10-17(15,16)11-3-1-2-4-11/h6,10H,1-5H2,(H2,9,12)(H,13,14). The third-order valence-corrected chi connectivity index (χ3v) is 4.03. The number of amides is 1. The molecule has 1 amide bonds. The predicted octanol–water partition coefficient (Wildman–Crippen LogP) is -1.75. The maximum Gasteiger partial charge on any atom is 0.322 e. The lowest BCUT2D eigenvalue weighted by Gasteiger charge is -2.19. The van der Waals surface area contributed by atoms with Gasteiger partial charge in [-0.3, -0.25) is 9.59 Å². The first kappa shape index (κ1) is 13.9. The number of rotatable bonds is 6. The number of nitrogens with zero attached hydrogens (tertiary/aromatic N) is 1. The summed E-state index contributed by atoms with van der Waals surface area (Å²) in [6, 6.07) is -1.52. The first-order chi connectivity index (χ1) is 7.83. The van der Waals surface area contributed by atoms with Gasteiger partial charge in [0.2, 0.25) is 5.91 Å². The van der Waals surface area contributed by atoms with Crippen molar-refractivity contribution >= 4 is 22.1 Å². The predicted molar refractivity (Wildman–Crippen MR) is 58.1 cm³/mol. The van der Waals surface area contributed by atoms with Crippen molar-refractivity contribution in [3.63, 3.8) is 0 Å². The fourth-order valence-corrected chi connectivity index (χ4v) is 3.00. The van der Waals surface area contributed by atoms with E-state index in [9.17, 15) is 18.0 Å². The maximum atomic E-state index is 11.7. The first-order valence-electron chi connectivity index (χ1n) is 5.11. The van der Waals surface area contributed by atoms with Crippen LogP contribution in [0.5, 0.6) is 0 Å². The van der Waals surface area contributed by atoms with E-state index in [1.165, 1.54) is 0 Å². The van der Waals surface area contributed by atoms with Crippen LogP contribution in [0.4, 0.5) is 0 Å². The van der Waals surface area contributed by atoms with Gasteiger partial charge in [0.1, 0.15) is 6.04 Å². The van der Waals surface area contributed by atoms with Crippen LogP contribution in [0, 0.1) is 0 Å². The van der Waals surface area contributed by atoms with E-state index >= 15 is 0 Å². The minimum Gasteiger partial charge on any atom is -0.480 e. The zero-order valence-electron chi connectivity index (χ0n) is 9.13. The molecule has 1 aliphatic rings. The minimum atomic E-state index is -3.86. The van der Waals surface area contributed by atoms with Crippen molar-refractivity contribution in [2.45, 2.75) is 25.3 Å². The van der Waals surface area contributed by atoms with Crippen LogP contribution in [0.1, 0.15) is 19.3 Å². The van der Waals surface area contributed by atoms with Gasteiger partial charge in [-0.15, -0.1) is 0 Å². The van der Waals surface area contributed by atoms with Crippen LogP contribution in [0.2, 0.25) is 0 Å². The molecule has 1 atom stereocenters. The molecule has 0 saturated carbocycles. The smallest absolute Gasteiger partial charge is 0.322 e. The lowest BCUT2D eigenvalue weighted by atomic mass is 10.2. The van der Waals surface area contributed by atoms with E-state index in [2.05, 4.69) is 0 Å². The van der Waals surface area contributed by atoms with E-state index in [0.717, 1.165) is 17.1 Å². The Bertz CT molecular complexity index is 401. The summed E-state index contributed by atoms with van der Waals surface area (Å²) in [6.07, 6.45) is 0.922. The summed E-state index contributed by atoms with van der Waals surface area (Å²) in [5.41, 5.74) is 4.85. The number of primary amides is 1. The summed E-state index contributed by atoms with van der Waals surface area (Å²) in [4.78, 5) is 21.4. The molecule has 0 radical (unpaired) electrons. The van der Waals surface area contributed by atoms with Crippen molar-refractivity contribution in [2.24, 2.45) is 5.73 Å². The number of nitrogens with one attached hydrogen (secondary N) is 1. The van der Waals surface area contributed by atoms with E-state index in [0.29, 0.717) is 13.1 Å². The van der Waals surface area contributed by atoms with Crippen LogP contribution in [-0.4, -0.2) is 48.8 Å². The normalized spacial score (nSPS) is 19.1. The monoisotopic (exact) mass is 265 g/mol. The van der Waals surface area contributed by atoms with Gasteiger partial charge in [-0.25, -0.2) is 0 Å². The number of hydrogen-bond donors (Lipinski definition) is 3. The van der Waals surface area contributed by atoms with Gasteiger partial charge in [0.15, 0.2) is 0 Å². The van der Waals surface area contributed by atoms with Gasteiger partial charge in [0.05, 0.1) is 6.42 Å². The number of carboxylic acid groups (broad SMARTS) is 1. The highest BCUT2D eigenvalue weighted by atomic mass is 32.2. The number of nitrogens with two attached hydrogens (primary N) is 1. The molecule has 0 aliphatic carbocycles. The van der Waals surface area contributed by atoms with Crippen molar-refractivity contribution in [1.29, 1.82) is 0 Å². The van der Waals surface area contributed by atoms with E-state index < -0.39 is 34.5 Å². The molecule has 8 nitrogen and oxygen atoms in total. The lowest BCUT2D eigenvalue weighted by Crippen LogP contribution is -2.48. The SMILES string of the molecule is NC(=O)CC(NS(=O)(=O)N1CCCC1)C(=O)O. The third kappa shape index (κ3) is 3.95. The molecule has 98 valence electrons. The molecule has 1 unspecified atom stereocenters. The highest BCUT2D eigenvalue weighted by Crippen LogP contribution is 2.12. The number of carbonyl (C=O) groups is 2. The second-order valence-corrected chi connectivity index (χ2v) is 5.49. The molecule has 1 saturated heterocycles. The Balaban J connectivity index is 2.71. The average Bonchev–Trinajstić information content (AvgIpc) is 2.68. The van der Waals surface area contributed by atoms with Gasteiger partial charge in [-0.2, -0.15) is 17.4 Å². The molecule has 9 heteroatoms. The van der Waals surface area contributed by atoms with Crippen molar-refractivity contribution < 1.29 is 23.1 Å². The molecule has 1 fully saturated rings. The molecule has 0 aromatic heterocycles. The van der Waals surface area contributed by atoms with Crippen LogP contribution in [0.15, 0.2) is 0 Å². The fraction of sp³-hybridized carbons (Fsp3) is 0.750. The molecular weight excluding hydrogens is 250 g/mol. The van der Waals surface area contributed by atoms with Crippen LogP contribution in [0.25, 0.3) is 0 Å². The van der Waals surface area contributed by atoms with Gasteiger partial charge >= 0.3 is 5.97 Å². The Morgan fingerprint density at radius 2 is 1.88 bits per heavy atom. The van der Waals surface area contributed by atoms with Crippen molar-refractivity contribution in [2.75, 3.05) is 13.1 Å². The second-order valence-electron chi connectivity index (χ2n) is 3.79. The molecule has 1 heterocycles. The van der Waals surface area contributed by atoms with E-state index in [-0.39, 0.29) is 0 Å². The zero-order chi connectivity index (χ0) is 13.1. The molecule has 0 spiro atoms. The summed E-state index contributed by atoms with van der Waals surface area (Å²) in [5.74, 6) is -2.30. The van der Waals surface area contributed by atoms with E-state index in [4.69, 9.17) is 10.8 Å². The Labute approximate surface area is 99.0 Å². The average molecular weight is 265 g/mol. The number of carboxylic acids is 1. The summed E-state index contributed by atoms with van der Waals surface area (Å²) >= 11 is 0. The van der Waals surface area contributed by atoms with Gasteiger partial charge in [-0.1, -0.05) is 0 Å². The van der Waals surface area contributed by atoms with Gasteiger partial charge < -0.3 is 10.8 Å². The Morgan fingerprint density at radius 3 is 2.29 bits per heavy atom. The summed E-state index contributed by atoms with van der Waals surface area (Å²) in [5, 5.41) is 8.78. The molecular formula is C8H15N3O5S. The highest BCUT2D eigenvalue weighted by Gasteiger charge is 2.31. The molecule has 17 heavy (non-hydrogen) atoms. The van der Waals surface area contributed by atoms with E-state index in [1.807, 2.05) is 4.72 Å². The number of aliphatic carboxylic acids is 1. The van der Waals surface area contributed by atoms with Gasteiger partial charge in [-0.05, 0) is 12.8 Å². The first-order valence-corrected chi connectivity index (χ1v) is 6.55. The van der Waals surface area contributed by atoms with Gasteiger partial charge in [0, 0.05) is 13.1 Å². The zero-order valence-corrected chi connectivity index (χ0v) is 9.94. The van der Waals surface area contributed by atoms with Crippen LogP contribution < -0.4 is 10.5 Å². The second kappa shape index (κ2) is 5.43. The number of hydrogen-bond acceptors (Lipinski definition) is 4. The Hall–Kier alpha value is -1.19. The molecule has 1 rings (SSSR count). The Morgan fingerprint density at radius 1 is 1.35 bits per heavy atom. The molecule has 0 bridgehead atoms. The van der Waals surface area contributed by atoms with E-state index in [1.54, 1.807) is 0 Å². The van der Waals surface area contributed by atoms with Crippen molar-refractivity contribution in [3.05, 3.63) is 0 Å². The summed E-state index contributed by atoms with van der Waals surface area (Å²) < 4.78 is 26.6. The quantitative estimate of drug-likeness (QED) is 0.524. The highest BCUT2D eigenvalue weighted by molar-refractivity contribution is 7.87. The lowest BCUT2D eigenvalue weighted by molar-refractivity contribution is -0.140. The number of carbonyl (C=O) groups excluding carboxylic acids is 1. The Kier molecular flexibility index (Phi) is 4.43. The molecule has 0 aromatic carbocycles. The van der Waals surface area contributed by atoms with Gasteiger partial charge in [0.25, 0.3) is 10.2 Å². The van der Waals surface area contributed by atoms with Crippen LogP contribution in [0.3, 0.4) is 0 Å². The summed E-state index contributed by atoms with van der Waals surface area (Å²) in [7, 11) is -3.86. The van der Waals surface area contributed by atoms with Crippen molar-refractivity contribution in [3.8, 4) is 0 Å². The minimum absolute atomic E-state index is 0.359. The topological polar surface area (TPSA) is 130 Å².